The van der Waals surface area contributed by atoms with E-state index in [2.05, 4.69) is 9.97 Å². The molecule has 2 aliphatic heterocycles. The molecule has 0 radical (unpaired) electrons. The molecule has 2 aromatic heterocycles. The van der Waals surface area contributed by atoms with E-state index in [1.807, 2.05) is 0 Å². The molecule has 23 heavy (non-hydrogen) atoms. The first kappa shape index (κ1) is 14.6. The molecule has 2 aromatic rings. The Morgan fingerprint density at radius 3 is 3.09 bits per heavy atom. The summed E-state index contributed by atoms with van der Waals surface area (Å²) in [6.45, 7) is 0.679. The van der Waals surface area contributed by atoms with E-state index >= 15 is 0 Å². The average Bonchev–Trinajstić information content (AvgIpc) is 2.95. The van der Waals surface area contributed by atoms with E-state index < -0.39 is 35.3 Å². The number of fused-ring (bicyclic) bond motifs is 3. The van der Waals surface area contributed by atoms with Gasteiger partial charge >= 0.3 is 5.69 Å². The van der Waals surface area contributed by atoms with E-state index in [0.29, 0.717) is 24.1 Å². The molecule has 124 valence electrons. The van der Waals surface area contributed by atoms with Gasteiger partial charge in [-0.05, 0) is 6.07 Å². The maximum atomic E-state index is 11.9. The summed E-state index contributed by atoms with van der Waals surface area (Å²) in [5.41, 5.74) is -1.59. The monoisotopic (exact) mass is 323 g/mol. The molecule has 4 rings (SSSR count). The van der Waals surface area contributed by atoms with Crippen LogP contribution >= 0.6 is 0 Å². The lowest BCUT2D eigenvalue weighted by atomic mass is 9.90. The van der Waals surface area contributed by atoms with Crippen LogP contribution in [0, 0.1) is 0 Å². The van der Waals surface area contributed by atoms with Crippen LogP contribution in [0.1, 0.15) is 12.6 Å². The molecule has 0 aromatic carbocycles. The van der Waals surface area contributed by atoms with Crippen LogP contribution in [0.5, 0.6) is 0 Å². The molecule has 2 fully saturated rings. The fourth-order valence-corrected chi connectivity index (χ4v) is 3.52. The maximum absolute atomic E-state index is 11.9. The van der Waals surface area contributed by atoms with Crippen LogP contribution in [0.2, 0.25) is 0 Å². The lowest BCUT2D eigenvalue weighted by molar-refractivity contribution is -0.149. The van der Waals surface area contributed by atoms with Crippen LogP contribution in [0.3, 0.4) is 0 Å². The lowest BCUT2D eigenvalue weighted by Crippen LogP contribution is -2.51. The van der Waals surface area contributed by atoms with Gasteiger partial charge in [0.25, 0.3) is 5.56 Å². The summed E-state index contributed by atoms with van der Waals surface area (Å²) in [7, 11) is 1.55. The third-order valence-electron chi connectivity index (χ3n) is 4.60. The second kappa shape index (κ2) is 5.03. The molecule has 2 unspecified atom stereocenters. The van der Waals surface area contributed by atoms with Crippen molar-refractivity contribution in [2.24, 2.45) is 0 Å². The van der Waals surface area contributed by atoms with Crippen LogP contribution in [0.4, 0.5) is 0 Å². The summed E-state index contributed by atoms with van der Waals surface area (Å²) in [5.74, 6) is 0. The molecule has 0 amide bonds. The molecule has 2 aliphatic rings. The van der Waals surface area contributed by atoms with Gasteiger partial charge in [-0.2, -0.15) is 0 Å². The second-order valence-electron chi connectivity index (χ2n) is 5.93. The summed E-state index contributed by atoms with van der Waals surface area (Å²) in [5, 5.41) is 10.9. The Hall–Kier alpha value is -1.94. The normalized spacial score (nSPS) is 33.4. The summed E-state index contributed by atoms with van der Waals surface area (Å²) in [6.07, 6.45) is 0.0330. The van der Waals surface area contributed by atoms with Crippen LogP contribution in [-0.2, 0) is 14.2 Å². The van der Waals surface area contributed by atoms with Crippen molar-refractivity contribution >= 4 is 11.0 Å². The number of hydrogen-bond acceptors (Lipinski definition) is 6. The molecular formula is C14H17N3O6. The largest absolute Gasteiger partial charge is 0.387 e. The summed E-state index contributed by atoms with van der Waals surface area (Å²) >= 11 is 0. The predicted molar refractivity (Wildman–Crippen MR) is 78.3 cm³/mol. The molecule has 2 bridgehead atoms. The molecule has 9 heteroatoms. The van der Waals surface area contributed by atoms with Crippen molar-refractivity contribution in [3.8, 4) is 0 Å². The number of aromatic amines is 2. The molecule has 3 N–H and O–H groups in total. The van der Waals surface area contributed by atoms with Gasteiger partial charge in [0.1, 0.15) is 23.5 Å². The molecule has 2 saturated heterocycles. The van der Waals surface area contributed by atoms with E-state index in [0.717, 1.165) is 0 Å². The van der Waals surface area contributed by atoms with Gasteiger partial charge in [0.15, 0.2) is 6.23 Å². The van der Waals surface area contributed by atoms with E-state index in [9.17, 15) is 14.7 Å². The summed E-state index contributed by atoms with van der Waals surface area (Å²) < 4.78 is 18.6. The molecule has 9 nitrogen and oxygen atoms in total. The van der Waals surface area contributed by atoms with Crippen molar-refractivity contribution in [3.63, 3.8) is 0 Å². The molecule has 4 atom stereocenters. The van der Waals surface area contributed by atoms with Gasteiger partial charge < -0.3 is 23.9 Å². The smallest absolute Gasteiger partial charge is 0.327 e. The quantitative estimate of drug-likeness (QED) is 0.672. The number of nitrogens with zero attached hydrogens (tertiary/aromatic N) is 1. The zero-order valence-electron chi connectivity index (χ0n) is 12.4. The van der Waals surface area contributed by atoms with E-state index in [1.165, 1.54) is 0 Å². The predicted octanol–water partition coefficient (Wildman–Crippen LogP) is -0.918. The number of aliphatic hydroxyl groups is 1. The highest BCUT2D eigenvalue weighted by Gasteiger charge is 2.58. The minimum absolute atomic E-state index is 0.237. The van der Waals surface area contributed by atoms with Gasteiger partial charge in [0, 0.05) is 19.7 Å². The van der Waals surface area contributed by atoms with Crippen LogP contribution in [-0.4, -0.2) is 57.8 Å². The molecular weight excluding hydrogens is 306 g/mol. The van der Waals surface area contributed by atoms with Crippen molar-refractivity contribution < 1.29 is 19.3 Å². The Balaban J connectivity index is 1.83. The number of hydrogen-bond donors (Lipinski definition) is 3. The first-order chi connectivity index (χ1) is 11.1. The maximum Gasteiger partial charge on any atom is 0.327 e. The Morgan fingerprint density at radius 1 is 1.48 bits per heavy atom. The number of ether oxygens (including phenoxy) is 3. The summed E-state index contributed by atoms with van der Waals surface area (Å²) in [4.78, 5) is 28.2. The van der Waals surface area contributed by atoms with Gasteiger partial charge in [-0.25, -0.2) is 4.79 Å². The zero-order valence-corrected chi connectivity index (χ0v) is 12.4. The van der Waals surface area contributed by atoms with Gasteiger partial charge in [-0.3, -0.25) is 14.8 Å². The lowest BCUT2D eigenvalue weighted by Gasteiger charge is -2.34. The first-order valence-corrected chi connectivity index (χ1v) is 7.35. The highest BCUT2D eigenvalue weighted by molar-refractivity contribution is 5.74. The highest BCUT2D eigenvalue weighted by Crippen LogP contribution is 2.45. The van der Waals surface area contributed by atoms with Crippen molar-refractivity contribution in [1.29, 1.82) is 0 Å². The Kier molecular flexibility index (Phi) is 3.20. The first-order valence-electron chi connectivity index (χ1n) is 7.35. The number of nitrogens with one attached hydrogen (secondary N) is 2. The number of rotatable bonds is 3. The van der Waals surface area contributed by atoms with Crippen LogP contribution in [0.25, 0.3) is 11.0 Å². The number of methoxy groups -OCH3 is 1. The standard InChI is InChI=1S/C14H17N3O6/c1-21-6-14-3-5-22-8(9(14)18)12(23-14)17-4-2-7-10(17)15-13(20)16-11(7)19/h2,4,8-9,12,18H,3,5-6H2,1H3,(H2,15,16,19,20)/t8?,9?,12-,14-/m1/s1. The topological polar surface area (TPSA) is 119 Å². The number of H-pyrrole nitrogens is 2. The number of aliphatic hydroxyl groups excluding tert-OH is 1. The third kappa shape index (κ3) is 2.01. The Labute approximate surface area is 129 Å². The minimum atomic E-state index is -0.854. The number of aromatic nitrogens is 3. The van der Waals surface area contributed by atoms with Crippen LogP contribution in [0.15, 0.2) is 21.9 Å². The molecule has 0 saturated carbocycles. The van der Waals surface area contributed by atoms with Gasteiger partial charge in [0.05, 0.1) is 18.6 Å². The molecule has 4 heterocycles. The summed E-state index contributed by atoms with van der Waals surface area (Å²) in [6, 6.07) is 1.59. The van der Waals surface area contributed by atoms with Gasteiger partial charge in [-0.1, -0.05) is 0 Å². The second-order valence-corrected chi connectivity index (χ2v) is 5.93. The Bertz CT molecular complexity index is 850. The molecule has 0 spiro atoms. The van der Waals surface area contributed by atoms with Crippen molar-refractivity contribution in [2.45, 2.75) is 30.5 Å². The van der Waals surface area contributed by atoms with E-state index in [4.69, 9.17) is 14.2 Å². The SMILES string of the molecule is COC[C@]12CCOC(C1O)[C@H](n1ccc3c(=O)[nH]c(=O)[nH]c31)O2. The van der Waals surface area contributed by atoms with Crippen molar-refractivity contribution in [3.05, 3.63) is 33.1 Å². The van der Waals surface area contributed by atoms with Gasteiger partial charge in [-0.15, -0.1) is 0 Å². The fourth-order valence-electron chi connectivity index (χ4n) is 3.52. The van der Waals surface area contributed by atoms with Crippen LogP contribution < -0.4 is 11.2 Å². The van der Waals surface area contributed by atoms with Crippen molar-refractivity contribution in [2.75, 3.05) is 20.3 Å². The molecule has 0 aliphatic carbocycles. The Morgan fingerprint density at radius 2 is 2.30 bits per heavy atom. The average molecular weight is 323 g/mol. The van der Waals surface area contributed by atoms with Gasteiger partial charge in [0.2, 0.25) is 0 Å². The highest BCUT2D eigenvalue weighted by atomic mass is 16.6. The fraction of sp³-hybridized carbons (Fsp3) is 0.571. The van der Waals surface area contributed by atoms with E-state index in [-0.39, 0.29) is 6.61 Å². The van der Waals surface area contributed by atoms with Crippen molar-refractivity contribution in [1.82, 2.24) is 14.5 Å². The zero-order chi connectivity index (χ0) is 16.2. The third-order valence-corrected chi connectivity index (χ3v) is 4.60. The van der Waals surface area contributed by atoms with E-state index in [1.54, 1.807) is 23.9 Å². The minimum Gasteiger partial charge on any atom is -0.387 e.